The van der Waals surface area contributed by atoms with Crippen LogP contribution in [-0.2, 0) is 25.7 Å². The number of carbonyl (C=O) groups excluding carboxylic acids is 1. The van der Waals surface area contributed by atoms with Crippen LogP contribution in [0.25, 0.3) is 0 Å². The van der Waals surface area contributed by atoms with Crippen LogP contribution >= 0.6 is 11.8 Å². The molecule has 0 spiro atoms. The van der Waals surface area contributed by atoms with Gasteiger partial charge in [-0.2, -0.15) is 13.2 Å². The van der Waals surface area contributed by atoms with Crippen LogP contribution in [-0.4, -0.2) is 60.1 Å². The second-order valence-electron chi connectivity index (χ2n) is 7.29. The fourth-order valence-corrected chi connectivity index (χ4v) is 7.03. The molecule has 0 bridgehead atoms. The first-order valence-electron chi connectivity index (χ1n) is 9.46. The van der Waals surface area contributed by atoms with Crippen molar-refractivity contribution in [2.45, 2.75) is 46.8 Å². The molecule has 1 amide bonds. The number of halogens is 3. The zero-order chi connectivity index (χ0) is 22.0. The lowest BCUT2D eigenvalue weighted by Crippen LogP contribution is -2.60. The van der Waals surface area contributed by atoms with E-state index in [1.807, 2.05) is 0 Å². The fourth-order valence-electron chi connectivity index (χ4n) is 3.76. The smallest absolute Gasteiger partial charge is 0.381 e. The number of sulfonamides is 1. The average Bonchev–Trinajstić information content (AvgIpc) is 2.73. The highest BCUT2D eigenvalue weighted by molar-refractivity contribution is 8.00. The van der Waals surface area contributed by atoms with E-state index in [2.05, 4.69) is 0 Å². The maximum Gasteiger partial charge on any atom is 0.416 e. The number of alkyl halides is 3. The summed E-state index contributed by atoms with van der Waals surface area (Å²) in [6, 6.07) is 4.90. The van der Waals surface area contributed by atoms with E-state index in [1.165, 1.54) is 33.7 Å². The molecule has 0 atom stereocenters. The molecule has 0 aromatic heterocycles. The minimum atomic E-state index is -4.39. The SMILES string of the molecule is O=C(NO)C1(S(=O)(=O)N2CCC(Sc3ccc(C(F)(F)F)cc3)CC2)CCOCC1. The summed E-state index contributed by atoms with van der Waals surface area (Å²) < 4.78 is 69.2. The number of hydroxylamine groups is 1. The maximum absolute atomic E-state index is 13.2. The van der Waals surface area contributed by atoms with Gasteiger partial charge in [-0.3, -0.25) is 10.0 Å². The Bertz CT molecular complexity index is 848. The van der Waals surface area contributed by atoms with E-state index >= 15 is 0 Å². The molecule has 1 aromatic rings. The number of hydrogen-bond donors (Lipinski definition) is 2. The molecule has 12 heteroatoms. The number of amides is 1. The summed E-state index contributed by atoms with van der Waals surface area (Å²) in [5.41, 5.74) is 0.781. The maximum atomic E-state index is 13.2. The van der Waals surface area contributed by atoms with Gasteiger partial charge in [0, 0.05) is 49.3 Å². The van der Waals surface area contributed by atoms with Crippen molar-refractivity contribution in [2.24, 2.45) is 0 Å². The molecule has 2 heterocycles. The first-order valence-corrected chi connectivity index (χ1v) is 11.8. The van der Waals surface area contributed by atoms with Gasteiger partial charge in [0.05, 0.1) is 5.56 Å². The molecule has 2 saturated heterocycles. The van der Waals surface area contributed by atoms with Crippen LogP contribution in [0.2, 0.25) is 0 Å². The number of piperidine rings is 1. The van der Waals surface area contributed by atoms with Gasteiger partial charge in [0.2, 0.25) is 10.0 Å². The number of ether oxygens (including phenoxy) is 1. The van der Waals surface area contributed by atoms with Gasteiger partial charge in [-0.25, -0.2) is 18.2 Å². The van der Waals surface area contributed by atoms with Gasteiger partial charge in [0.15, 0.2) is 4.75 Å². The number of thioether (sulfide) groups is 1. The second-order valence-corrected chi connectivity index (χ2v) is 10.9. The number of hydrogen-bond acceptors (Lipinski definition) is 6. The van der Waals surface area contributed by atoms with Crippen molar-refractivity contribution in [1.29, 1.82) is 0 Å². The number of nitrogens with zero attached hydrogens (tertiary/aromatic N) is 1. The summed E-state index contributed by atoms with van der Waals surface area (Å²) in [7, 11) is -4.03. The lowest BCUT2D eigenvalue weighted by Gasteiger charge is -2.40. The first kappa shape index (κ1) is 23.3. The molecular weight excluding hydrogens is 445 g/mol. The van der Waals surface area contributed by atoms with Crippen LogP contribution in [0, 0.1) is 0 Å². The second kappa shape index (κ2) is 9.03. The van der Waals surface area contributed by atoms with Crippen LogP contribution in [0.5, 0.6) is 0 Å². The normalized spacial score (nSPS) is 21.3. The third-order valence-corrected chi connectivity index (χ3v) is 9.51. The Labute approximate surface area is 177 Å². The first-order chi connectivity index (χ1) is 14.1. The Balaban J connectivity index is 1.65. The Morgan fingerprint density at radius 3 is 2.23 bits per heavy atom. The third-order valence-electron chi connectivity index (χ3n) is 5.53. The summed E-state index contributed by atoms with van der Waals surface area (Å²) in [6.07, 6.45) is -3.47. The standard InChI is InChI=1S/C18H23F3N2O5S2/c19-18(20,21)13-1-3-14(4-2-13)29-15-5-9-23(10-6-15)30(26,27)17(16(24)22-25)7-11-28-12-8-17/h1-4,15,25H,5-12H2,(H,22,24). The molecule has 2 N–H and O–H groups in total. The predicted octanol–water partition coefficient (Wildman–Crippen LogP) is 2.65. The molecule has 30 heavy (non-hydrogen) atoms. The van der Waals surface area contributed by atoms with E-state index in [4.69, 9.17) is 9.94 Å². The van der Waals surface area contributed by atoms with E-state index in [1.54, 1.807) is 0 Å². The summed E-state index contributed by atoms with van der Waals surface area (Å²) in [6.45, 7) is 0.601. The molecule has 2 aliphatic heterocycles. The summed E-state index contributed by atoms with van der Waals surface area (Å²) in [4.78, 5) is 13.0. The van der Waals surface area contributed by atoms with E-state index in [-0.39, 0.29) is 44.4 Å². The lowest BCUT2D eigenvalue weighted by molar-refractivity contribution is -0.137. The van der Waals surface area contributed by atoms with Crippen molar-refractivity contribution in [3.8, 4) is 0 Å². The zero-order valence-electron chi connectivity index (χ0n) is 16.0. The van der Waals surface area contributed by atoms with Crippen molar-refractivity contribution in [3.63, 3.8) is 0 Å². The van der Waals surface area contributed by atoms with E-state index < -0.39 is 32.4 Å². The molecule has 3 rings (SSSR count). The van der Waals surface area contributed by atoms with Crippen LogP contribution in [0.1, 0.15) is 31.2 Å². The van der Waals surface area contributed by atoms with Gasteiger partial charge in [0.25, 0.3) is 5.91 Å². The highest BCUT2D eigenvalue weighted by atomic mass is 32.2. The molecular formula is C18H23F3N2O5S2. The van der Waals surface area contributed by atoms with Crippen LogP contribution in [0.4, 0.5) is 13.2 Å². The number of carbonyl (C=O) groups is 1. The number of nitrogens with one attached hydrogen (secondary N) is 1. The van der Waals surface area contributed by atoms with Gasteiger partial charge in [-0.05, 0) is 37.1 Å². The van der Waals surface area contributed by atoms with Crippen molar-refractivity contribution < 1.29 is 36.3 Å². The highest BCUT2D eigenvalue weighted by Gasteiger charge is 2.54. The molecule has 1 aromatic carbocycles. The van der Waals surface area contributed by atoms with Crippen molar-refractivity contribution in [3.05, 3.63) is 29.8 Å². The Hall–Kier alpha value is -1.34. The van der Waals surface area contributed by atoms with E-state index in [0.717, 1.165) is 12.1 Å². The predicted molar refractivity (Wildman–Crippen MR) is 104 cm³/mol. The van der Waals surface area contributed by atoms with Gasteiger partial charge < -0.3 is 4.74 Å². The fraction of sp³-hybridized carbons (Fsp3) is 0.611. The van der Waals surface area contributed by atoms with Crippen molar-refractivity contribution in [1.82, 2.24) is 9.79 Å². The minimum absolute atomic E-state index is 0.0397. The van der Waals surface area contributed by atoms with Gasteiger partial charge >= 0.3 is 6.18 Å². The van der Waals surface area contributed by atoms with Crippen molar-refractivity contribution in [2.75, 3.05) is 26.3 Å². The molecule has 168 valence electrons. The zero-order valence-corrected chi connectivity index (χ0v) is 17.7. The quantitative estimate of drug-likeness (QED) is 0.510. The number of rotatable bonds is 5. The summed E-state index contributed by atoms with van der Waals surface area (Å²) in [5, 5.41) is 9.14. The van der Waals surface area contributed by atoms with Gasteiger partial charge in [-0.15, -0.1) is 11.8 Å². The molecule has 2 fully saturated rings. The Morgan fingerprint density at radius 2 is 1.73 bits per heavy atom. The van der Waals surface area contributed by atoms with E-state index in [9.17, 15) is 26.4 Å². The monoisotopic (exact) mass is 468 g/mol. The summed E-state index contributed by atoms with van der Waals surface area (Å²) in [5.74, 6) is -0.952. The average molecular weight is 469 g/mol. The molecule has 0 unspecified atom stereocenters. The Morgan fingerprint density at radius 1 is 1.17 bits per heavy atom. The molecule has 0 saturated carbocycles. The molecule has 7 nitrogen and oxygen atoms in total. The third kappa shape index (κ3) is 4.62. The van der Waals surface area contributed by atoms with Gasteiger partial charge in [-0.1, -0.05) is 0 Å². The highest BCUT2D eigenvalue weighted by Crippen LogP contribution is 2.37. The largest absolute Gasteiger partial charge is 0.416 e. The van der Waals surface area contributed by atoms with Crippen LogP contribution in [0.15, 0.2) is 29.2 Å². The topological polar surface area (TPSA) is 95.9 Å². The van der Waals surface area contributed by atoms with Crippen LogP contribution in [0.3, 0.4) is 0 Å². The lowest BCUT2D eigenvalue weighted by atomic mass is 9.98. The minimum Gasteiger partial charge on any atom is -0.381 e. The van der Waals surface area contributed by atoms with Crippen molar-refractivity contribution >= 4 is 27.7 Å². The summed E-state index contributed by atoms with van der Waals surface area (Å²) >= 11 is 1.41. The van der Waals surface area contributed by atoms with Gasteiger partial charge in [0.1, 0.15) is 0 Å². The number of benzene rings is 1. The Kier molecular flexibility index (Phi) is 7.02. The van der Waals surface area contributed by atoms with E-state index in [0.29, 0.717) is 17.7 Å². The molecule has 2 aliphatic rings. The van der Waals surface area contributed by atoms with Crippen LogP contribution < -0.4 is 5.48 Å². The molecule has 0 aliphatic carbocycles. The molecule has 0 radical (unpaired) electrons.